The maximum atomic E-state index is 12.3. The first-order chi connectivity index (χ1) is 8.77. The lowest BCUT2D eigenvalue weighted by molar-refractivity contribution is 0.0972. The summed E-state index contributed by atoms with van der Waals surface area (Å²) in [6.45, 7) is 0. The number of Topliss-reactive ketones (excluding diaryl/α,β-unsaturated/α-hetero) is 1. The molecule has 0 amide bonds. The van der Waals surface area contributed by atoms with Crippen LogP contribution in [0.1, 0.15) is 44.9 Å². The Bertz CT molecular complexity index is 609. The molecule has 0 saturated heterocycles. The van der Waals surface area contributed by atoms with E-state index in [9.17, 15) is 9.59 Å². The number of carbonyl (C=O) groups excluding carboxylic acids is 2. The van der Waals surface area contributed by atoms with Gasteiger partial charge in [0.15, 0.2) is 11.5 Å². The zero-order valence-corrected chi connectivity index (χ0v) is 9.81. The van der Waals surface area contributed by atoms with E-state index in [0.717, 1.165) is 18.4 Å². The van der Waals surface area contributed by atoms with Gasteiger partial charge in [0, 0.05) is 17.5 Å². The zero-order chi connectivity index (χ0) is 12.5. The molecule has 0 N–H and O–H groups in total. The average Bonchev–Trinajstić information content (AvgIpc) is 2.92. The summed E-state index contributed by atoms with van der Waals surface area (Å²) in [7, 11) is 0. The SMILES string of the molecule is O=C1CCCc2c1cccc2C(=O)c1ccco1. The fourth-order valence-electron chi connectivity index (χ4n) is 2.43. The van der Waals surface area contributed by atoms with E-state index >= 15 is 0 Å². The van der Waals surface area contributed by atoms with Crippen molar-refractivity contribution in [1.82, 2.24) is 0 Å². The summed E-state index contributed by atoms with van der Waals surface area (Å²) in [5.74, 6) is 0.304. The van der Waals surface area contributed by atoms with Crippen molar-refractivity contribution in [2.45, 2.75) is 19.3 Å². The van der Waals surface area contributed by atoms with Crippen molar-refractivity contribution in [3.05, 3.63) is 59.0 Å². The molecule has 0 aliphatic heterocycles. The first-order valence-electron chi connectivity index (χ1n) is 6.00. The fraction of sp³-hybridized carbons (Fsp3) is 0.200. The molecule has 3 heteroatoms. The van der Waals surface area contributed by atoms with Gasteiger partial charge in [-0.2, -0.15) is 0 Å². The number of furan rings is 1. The zero-order valence-electron chi connectivity index (χ0n) is 9.81. The normalized spacial score (nSPS) is 14.3. The Kier molecular flexibility index (Phi) is 2.59. The summed E-state index contributed by atoms with van der Waals surface area (Å²) in [5, 5.41) is 0. The van der Waals surface area contributed by atoms with Crippen LogP contribution >= 0.6 is 0 Å². The maximum absolute atomic E-state index is 12.3. The van der Waals surface area contributed by atoms with Crippen LogP contribution in [0.25, 0.3) is 0 Å². The average molecular weight is 240 g/mol. The van der Waals surface area contributed by atoms with E-state index in [4.69, 9.17) is 4.42 Å². The predicted octanol–water partition coefficient (Wildman–Crippen LogP) is 3.03. The van der Waals surface area contributed by atoms with Gasteiger partial charge in [0.1, 0.15) is 0 Å². The van der Waals surface area contributed by atoms with Gasteiger partial charge in [-0.05, 0) is 30.5 Å². The van der Waals surface area contributed by atoms with Crippen LogP contribution in [0.2, 0.25) is 0 Å². The van der Waals surface area contributed by atoms with Gasteiger partial charge in [-0.25, -0.2) is 0 Å². The van der Waals surface area contributed by atoms with Crippen molar-refractivity contribution < 1.29 is 14.0 Å². The van der Waals surface area contributed by atoms with E-state index in [1.807, 2.05) is 0 Å². The third kappa shape index (κ3) is 1.68. The molecule has 3 rings (SSSR count). The molecule has 0 radical (unpaired) electrons. The lowest BCUT2D eigenvalue weighted by atomic mass is 9.86. The lowest BCUT2D eigenvalue weighted by Gasteiger charge is -2.17. The van der Waals surface area contributed by atoms with Crippen LogP contribution in [0.5, 0.6) is 0 Å². The highest BCUT2D eigenvalue weighted by atomic mass is 16.3. The first-order valence-corrected chi connectivity index (χ1v) is 6.00. The smallest absolute Gasteiger partial charge is 0.228 e. The lowest BCUT2D eigenvalue weighted by Crippen LogP contribution is -2.15. The Morgan fingerprint density at radius 3 is 2.78 bits per heavy atom. The second kappa shape index (κ2) is 4.26. The molecule has 2 aromatic rings. The predicted molar refractivity (Wildman–Crippen MR) is 65.9 cm³/mol. The van der Waals surface area contributed by atoms with Crippen molar-refractivity contribution in [1.29, 1.82) is 0 Å². The third-order valence-corrected chi connectivity index (χ3v) is 3.30. The summed E-state index contributed by atoms with van der Waals surface area (Å²) in [4.78, 5) is 24.1. The first kappa shape index (κ1) is 11.0. The molecule has 1 aliphatic rings. The van der Waals surface area contributed by atoms with Crippen molar-refractivity contribution in [2.24, 2.45) is 0 Å². The van der Waals surface area contributed by atoms with Gasteiger partial charge >= 0.3 is 0 Å². The quantitative estimate of drug-likeness (QED) is 0.758. The largest absolute Gasteiger partial charge is 0.461 e. The minimum absolute atomic E-state index is 0.130. The van der Waals surface area contributed by atoms with Crippen LogP contribution in [-0.2, 0) is 6.42 Å². The summed E-state index contributed by atoms with van der Waals surface area (Å²) in [5.41, 5.74) is 2.16. The minimum atomic E-state index is -0.147. The van der Waals surface area contributed by atoms with Gasteiger partial charge in [-0.1, -0.05) is 18.2 Å². The summed E-state index contributed by atoms with van der Waals surface area (Å²) in [6.07, 6.45) is 3.65. The molecule has 0 saturated carbocycles. The minimum Gasteiger partial charge on any atom is -0.461 e. The molecule has 1 aromatic carbocycles. The summed E-state index contributed by atoms with van der Waals surface area (Å²) >= 11 is 0. The molecule has 18 heavy (non-hydrogen) atoms. The third-order valence-electron chi connectivity index (χ3n) is 3.30. The highest BCUT2D eigenvalue weighted by Gasteiger charge is 2.23. The highest BCUT2D eigenvalue weighted by Crippen LogP contribution is 2.26. The van der Waals surface area contributed by atoms with Gasteiger partial charge in [0.25, 0.3) is 0 Å². The second-order valence-corrected chi connectivity index (χ2v) is 4.41. The Morgan fingerprint density at radius 2 is 2.00 bits per heavy atom. The van der Waals surface area contributed by atoms with E-state index in [1.165, 1.54) is 6.26 Å². The Balaban J connectivity index is 2.11. The van der Waals surface area contributed by atoms with Crippen molar-refractivity contribution in [3.8, 4) is 0 Å². The number of fused-ring (bicyclic) bond motifs is 1. The van der Waals surface area contributed by atoms with E-state index in [1.54, 1.807) is 30.3 Å². The highest BCUT2D eigenvalue weighted by molar-refractivity contribution is 6.10. The van der Waals surface area contributed by atoms with Gasteiger partial charge < -0.3 is 4.42 Å². The van der Waals surface area contributed by atoms with Crippen LogP contribution < -0.4 is 0 Å². The van der Waals surface area contributed by atoms with E-state index in [0.29, 0.717) is 23.3 Å². The molecule has 0 bridgehead atoms. The molecule has 0 unspecified atom stereocenters. The standard InChI is InChI=1S/C15H12O3/c16-13-7-2-4-10-11(13)5-1-6-12(10)15(17)14-8-3-9-18-14/h1,3,5-6,8-9H,2,4,7H2. The van der Waals surface area contributed by atoms with Crippen LogP contribution in [0.4, 0.5) is 0 Å². The Morgan fingerprint density at radius 1 is 1.11 bits per heavy atom. The summed E-state index contributed by atoms with van der Waals surface area (Å²) in [6, 6.07) is 8.66. The number of benzene rings is 1. The maximum Gasteiger partial charge on any atom is 0.228 e. The van der Waals surface area contributed by atoms with Crippen LogP contribution in [0, 0.1) is 0 Å². The fourth-order valence-corrected chi connectivity index (χ4v) is 2.43. The molecule has 0 fully saturated rings. The van der Waals surface area contributed by atoms with Crippen molar-refractivity contribution in [2.75, 3.05) is 0 Å². The van der Waals surface area contributed by atoms with Gasteiger partial charge in [0.05, 0.1) is 6.26 Å². The van der Waals surface area contributed by atoms with E-state index < -0.39 is 0 Å². The van der Waals surface area contributed by atoms with Gasteiger partial charge in [0.2, 0.25) is 5.78 Å². The molecular weight excluding hydrogens is 228 g/mol. The molecule has 1 aliphatic carbocycles. The van der Waals surface area contributed by atoms with Crippen LogP contribution in [0.3, 0.4) is 0 Å². The van der Waals surface area contributed by atoms with E-state index in [2.05, 4.69) is 0 Å². The topological polar surface area (TPSA) is 47.3 Å². The van der Waals surface area contributed by atoms with Crippen LogP contribution in [-0.4, -0.2) is 11.6 Å². The summed E-state index contributed by atoms with van der Waals surface area (Å²) < 4.78 is 5.13. The molecule has 90 valence electrons. The number of rotatable bonds is 2. The molecule has 1 aromatic heterocycles. The van der Waals surface area contributed by atoms with Gasteiger partial charge in [-0.3, -0.25) is 9.59 Å². The number of carbonyl (C=O) groups is 2. The van der Waals surface area contributed by atoms with Gasteiger partial charge in [-0.15, -0.1) is 0 Å². The molecule has 3 nitrogen and oxygen atoms in total. The second-order valence-electron chi connectivity index (χ2n) is 4.41. The molecule has 1 heterocycles. The Hall–Kier alpha value is -2.16. The number of hydrogen-bond acceptors (Lipinski definition) is 3. The van der Waals surface area contributed by atoms with E-state index in [-0.39, 0.29) is 11.6 Å². The van der Waals surface area contributed by atoms with Crippen LogP contribution in [0.15, 0.2) is 41.0 Å². The Labute approximate surface area is 104 Å². The molecular formula is C15H12O3. The monoisotopic (exact) mass is 240 g/mol. The van der Waals surface area contributed by atoms with Crippen molar-refractivity contribution >= 4 is 11.6 Å². The molecule has 0 spiro atoms. The van der Waals surface area contributed by atoms with Crippen molar-refractivity contribution in [3.63, 3.8) is 0 Å². The molecule has 0 atom stereocenters. The number of hydrogen-bond donors (Lipinski definition) is 0. The number of ketones is 2.